The van der Waals surface area contributed by atoms with Crippen molar-refractivity contribution in [3.8, 4) is 0 Å². The molecule has 1 unspecified atom stereocenters. The van der Waals surface area contributed by atoms with Gasteiger partial charge in [0.2, 0.25) is 5.89 Å². The quantitative estimate of drug-likeness (QED) is 0.403. The molecule has 0 amide bonds. The van der Waals surface area contributed by atoms with E-state index >= 15 is 0 Å². The highest BCUT2D eigenvalue weighted by molar-refractivity contribution is 14.0. The molecule has 8 heteroatoms. The fraction of sp³-hybridized carbons (Fsp3) is 0.769. The maximum atomic E-state index is 5.18. The highest BCUT2D eigenvalue weighted by Gasteiger charge is 2.10. The molecule has 1 aromatic heterocycles. The van der Waals surface area contributed by atoms with Gasteiger partial charge in [-0.2, -0.15) is 4.98 Å². The molecule has 122 valence electrons. The Morgan fingerprint density at radius 1 is 1.38 bits per heavy atom. The molecule has 2 N–H and O–H groups in total. The minimum absolute atomic E-state index is 0. The summed E-state index contributed by atoms with van der Waals surface area (Å²) < 4.78 is 10.2. The molecule has 0 fully saturated rings. The highest BCUT2D eigenvalue weighted by Crippen LogP contribution is 2.09. The van der Waals surface area contributed by atoms with Crippen LogP contribution in [0, 0.1) is 0 Å². The molecule has 0 bridgehead atoms. The number of guanidine groups is 1. The zero-order valence-corrected chi connectivity index (χ0v) is 15.7. The van der Waals surface area contributed by atoms with Crippen LogP contribution in [0.2, 0.25) is 0 Å². The molecule has 0 aromatic carbocycles. The van der Waals surface area contributed by atoms with Gasteiger partial charge < -0.3 is 19.9 Å². The van der Waals surface area contributed by atoms with Crippen LogP contribution in [0.1, 0.15) is 38.4 Å². The molecular weight excluding hydrogens is 385 g/mol. The Labute approximate surface area is 143 Å². The van der Waals surface area contributed by atoms with E-state index in [9.17, 15) is 0 Å². The second kappa shape index (κ2) is 10.8. The third kappa shape index (κ3) is 7.60. The van der Waals surface area contributed by atoms with Crippen LogP contribution < -0.4 is 10.6 Å². The predicted molar refractivity (Wildman–Crippen MR) is 93.3 cm³/mol. The number of nitrogens with zero attached hydrogens (tertiary/aromatic N) is 3. The van der Waals surface area contributed by atoms with Gasteiger partial charge in [0.25, 0.3) is 0 Å². The first-order chi connectivity index (χ1) is 9.56. The van der Waals surface area contributed by atoms with Gasteiger partial charge in [-0.25, -0.2) is 0 Å². The number of rotatable bonds is 7. The van der Waals surface area contributed by atoms with Gasteiger partial charge >= 0.3 is 0 Å². The molecule has 0 radical (unpaired) electrons. The van der Waals surface area contributed by atoms with Gasteiger partial charge in [-0.15, -0.1) is 24.0 Å². The fourth-order valence-electron chi connectivity index (χ4n) is 1.61. The van der Waals surface area contributed by atoms with Crippen molar-refractivity contribution in [1.29, 1.82) is 0 Å². The Bertz CT molecular complexity index is 422. The summed E-state index contributed by atoms with van der Waals surface area (Å²) in [5, 5.41) is 10.4. The van der Waals surface area contributed by atoms with Gasteiger partial charge in [0.05, 0.1) is 6.61 Å². The summed E-state index contributed by atoms with van der Waals surface area (Å²) in [5.41, 5.74) is 0. The van der Waals surface area contributed by atoms with E-state index in [1.54, 1.807) is 14.2 Å². The van der Waals surface area contributed by atoms with E-state index < -0.39 is 0 Å². The maximum absolute atomic E-state index is 5.18. The number of nitrogens with one attached hydrogen (secondary N) is 2. The largest absolute Gasteiger partial charge is 0.383 e. The van der Waals surface area contributed by atoms with Crippen molar-refractivity contribution < 1.29 is 9.26 Å². The van der Waals surface area contributed by atoms with E-state index in [1.807, 2.05) is 20.8 Å². The number of aromatic nitrogens is 2. The van der Waals surface area contributed by atoms with Crippen LogP contribution in [0.15, 0.2) is 9.52 Å². The normalized spacial score (nSPS) is 13.0. The number of hydrogen-bond donors (Lipinski definition) is 2. The van der Waals surface area contributed by atoms with Crippen molar-refractivity contribution in [2.75, 3.05) is 27.3 Å². The lowest BCUT2D eigenvalue weighted by Gasteiger charge is -2.16. The zero-order chi connectivity index (χ0) is 15.0. The number of ether oxygens (including phenoxy) is 1. The number of hydrogen-bond acceptors (Lipinski definition) is 5. The average molecular weight is 411 g/mol. The van der Waals surface area contributed by atoms with Crippen molar-refractivity contribution in [3.05, 3.63) is 11.7 Å². The van der Waals surface area contributed by atoms with Gasteiger partial charge in [0, 0.05) is 39.1 Å². The van der Waals surface area contributed by atoms with Gasteiger partial charge in [-0.05, 0) is 6.92 Å². The molecule has 0 aliphatic rings. The summed E-state index contributed by atoms with van der Waals surface area (Å²) in [7, 11) is 3.41. The molecule has 0 saturated carbocycles. The lowest BCUT2D eigenvalue weighted by molar-refractivity contribution is 0.179. The van der Waals surface area contributed by atoms with E-state index in [0.717, 1.165) is 11.8 Å². The molecule has 1 heterocycles. The Balaban J connectivity index is 0.00000400. The number of aliphatic imine (C=N–C) groups is 1. The maximum Gasteiger partial charge on any atom is 0.228 e. The summed E-state index contributed by atoms with van der Waals surface area (Å²) in [5.74, 6) is 2.40. The van der Waals surface area contributed by atoms with E-state index in [-0.39, 0.29) is 35.9 Å². The topological polar surface area (TPSA) is 84.6 Å². The minimum Gasteiger partial charge on any atom is -0.383 e. The van der Waals surface area contributed by atoms with Gasteiger partial charge in [0.15, 0.2) is 11.8 Å². The first kappa shape index (κ1) is 20.1. The van der Waals surface area contributed by atoms with Crippen LogP contribution in [0.5, 0.6) is 0 Å². The highest BCUT2D eigenvalue weighted by atomic mass is 127. The van der Waals surface area contributed by atoms with Crippen LogP contribution in [-0.4, -0.2) is 49.5 Å². The molecule has 1 aromatic rings. The summed E-state index contributed by atoms with van der Waals surface area (Å²) in [6.45, 7) is 7.41. The average Bonchev–Trinajstić information content (AvgIpc) is 2.87. The third-order valence-electron chi connectivity index (χ3n) is 2.65. The van der Waals surface area contributed by atoms with Crippen LogP contribution in [0.4, 0.5) is 0 Å². The Morgan fingerprint density at radius 2 is 2.10 bits per heavy atom. The first-order valence-electron chi connectivity index (χ1n) is 6.85. The van der Waals surface area contributed by atoms with Crippen molar-refractivity contribution in [2.45, 2.75) is 39.2 Å². The Kier molecular flexibility index (Phi) is 10.3. The Hall–Kier alpha value is -0.900. The monoisotopic (exact) mass is 411 g/mol. The molecule has 0 saturated heterocycles. The van der Waals surface area contributed by atoms with Crippen LogP contribution in [0.25, 0.3) is 0 Å². The molecule has 1 rings (SSSR count). The second-order valence-corrected chi connectivity index (χ2v) is 4.95. The van der Waals surface area contributed by atoms with Gasteiger partial charge in [-0.3, -0.25) is 4.99 Å². The lowest BCUT2D eigenvalue weighted by Crippen LogP contribution is -2.44. The molecule has 7 nitrogen and oxygen atoms in total. The van der Waals surface area contributed by atoms with Gasteiger partial charge in [0.1, 0.15) is 0 Å². The molecule has 0 spiro atoms. The zero-order valence-electron chi connectivity index (χ0n) is 13.3. The summed E-state index contributed by atoms with van der Waals surface area (Å²) in [6, 6.07) is 0.196. The van der Waals surface area contributed by atoms with E-state index in [1.165, 1.54) is 0 Å². The summed E-state index contributed by atoms with van der Waals surface area (Å²) in [4.78, 5) is 8.47. The van der Waals surface area contributed by atoms with E-state index in [4.69, 9.17) is 9.26 Å². The van der Waals surface area contributed by atoms with Crippen molar-refractivity contribution in [1.82, 2.24) is 20.8 Å². The molecular formula is C13H26IN5O2. The summed E-state index contributed by atoms with van der Waals surface area (Å²) in [6.07, 6.45) is 0.666. The predicted octanol–water partition coefficient (Wildman–Crippen LogP) is 1.55. The Morgan fingerprint density at radius 3 is 2.62 bits per heavy atom. The molecule has 1 atom stereocenters. The van der Waals surface area contributed by atoms with Gasteiger partial charge in [-0.1, -0.05) is 19.0 Å². The van der Waals surface area contributed by atoms with Crippen molar-refractivity contribution in [3.63, 3.8) is 0 Å². The molecule has 21 heavy (non-hydrogen) atoms. The second-order valence-electron chi connectivity index (χ2n) is 4.95. The fourth-order valence-corrected chi connectivity index (χ4v) is 1.61. The van der Waals surface area contributed by atoms with Crippen molar-refractivity contribution in [2.24, 2.45) is 4.99 Å². The smallest absolute Gasteiger partial charge is 0.228 e. The van der Waals surface area contributed by atoms with Crippen LogP contribution in [0.3, 0.4) is 0 Å². The van der Waals surface area contributed by atoms with Crippen LogP contribution in [-0.2, 0) is 11.2 Å². The van der Waals surface area contributed by atoms with Crippen molar-refractivity contribution >= 4 is 29.9 Å². The minimum atomic E-state index is 0. The standard InChI is InChI=1S/C13H25N5O2.HI/c1-9(2)12-17-11(20-18-12)6-7-15-13(14-4)16-10(3)8-19-5;/h9-10H,6-8H2,1-5H3,(H2,14,15,16);1H. The SMILES string of the molecule is CN=C(NCCc1nc(C(C)C)no1)NC(C)COC.I. The van der Waals surface area contributed by atoms with Crippen LogP contribution >= 0.6 is 24.0 Å². The number of methoxy groups -OCH3 is 1. The molecule has 0 aliphatic heterocycles. The van der Waals surface area contributed by atoms with E-state index in [2.05, 4.69) is 25.8 Å². The third-order valence-corrected chi connectivity index (χ3v) is 2.65. The number of halogens is 1. The summed E-state index contributed by atoms with van der Waals surface area (Å²) >= 11 is 0. The first-order valence-corrected chi connectivity index (χ1v) is 6.85. The lowest BCUT2D eigenvalue weighted by atomic mass is 10.2. The molecule has 0 aliphatic carbocycles. The van der Waals surface area contributed by atoms with E-state index in [0.29, 0.717) is 25.5 Å².